The summed E-state index contributed by atoms with van der Waals surface area (Å²) < 4.78 is 4.74. The van der Waals surface area contributed by atoms with E-state index < -0.39 is 12.0 Å². The Morgan fingerprint density at radius 2 is 1.91 bits per heavy atom. The predicted molar refractivity (Wildman–Crippen MR) is 86.6 cm³/mol. The van der Waals surface area contributed by atoms with Crippen LogP contribution in [0, 0.1) is 5.92 Å². The number of carbonyl (C=O) groups excluding carboxylic acids is 2. The lowest BCUT2D eigenvalue weighted by molar-refractivity contribution is -0.144. The number of amides is 2. The van der Waals surface area contributed by atoms with Crippen molar-refractivity contribution in [1.82, 2.24) is 10.6 Å². The topological polar surface area (TPSA) is 67.4 Å². The zero-order chi connectivity index (χ0) is 16.4. The first-order valence-electron chi connectivity index (χ1n) is 7.74. The molecule has 0 saturated heterocycles. The summed E-state index contributed by atoms with van der Waals surface area (Å²) in [4.78, 5) is 23.6. The number of rotatable bonds is 8. The molecule has 2 atom stereocenters. The third kappa shape index (κ3) is 6.16. The zero-order valence-corrected chi connectivity index (χ0v) is 13.6. The van der Waals surface area contributed by atoms with Gasteiger partial charge in [-0.05, 0) is 24.3 Å². The van der Waals surface area contributed by atoms with Crippen LogP contribution in [-0.2, 0) is 16.0 Å². The second-order valence-electron chi connectivity index (χ2n) is 5.38. The van der Waals surface area contributed by atoms with Crippen molar-refractivity contribution in [3.05, 3.63) is 35.9 Å². The highest BCUT2D eigenvalue weighted by Gasteiger charge is 2.26. The van der Waals surface area contributed by atoms with Crippen molar-refractivity contribution in [2.24, 2.45) is 5.92 Å². The van der Waals surface area contributed by atoms with Gasteiger partial charge >= 0.3 is 12.0 Å². The van der Waals surface area contributed by atoms with E-state index in [-0.39, 0.29) is 11.9 Å². The maximum absolute atomic E-state index is 11.9. The van der Waals surface area contributed by atoms with E-state index in [0.29, 0.717) is 6.54 Å². The molecule has 0 heterocycles. The van der Waals surface area contributed by atoms with E-state index in [4.69, 9.17) is 4.74 Å². The molecule has 5 nitrogen and oxygen atoms in total. The Hall–Kier alpha value is -2.04. The van der Waals surface area contributed by atoms with Gasteiger partial charge in [0.05, 0.1) is 7.11 Å². The molecule has 122 valence electrons. The Bertz CT molecular complexity index is 462. The third-order valence-corrected chi connectivity index (χ3v) is 3.73. The van der Waals surface area contributed by atoms with E-state index in [1.165, 1.54) is 12.7 Å². The van der Waals surface area contributed by atoms with Crippen LogP contribution in [0.5, 0.6) is 0 Å². The smallest absolute Gasteiger partial charge is 0.328 e. The molecule has 1 aromatic carbocycles. The second-order valence-corrected chi connectivity index (χ2v) is 5.38. The molecule has 0 aliphatic heterocycles. The fourth-order valence-electron chi connectivity index (χ4n) is 2.13. The fraction of sp³-hybridized carbons (Fsp3) is 0.529. The van der Waals surface area contributed by atoms with Crippen LogP contribution >= 0.6 is 0 Å². The molecule has 22 heavy (non-hydrogen) atoms. The fourth-order valence-corrected chi connectivity index (χ4v) is 2.13. The van der Waals surface area contributed by atoms with Crippen molar-refractivity contribution in [3.8, 4) is 0 Å². The molecular formula is C17H26N2O3. The van der Waals surface area contributed by atoms with Gasteiger partial charge in [0.1, 0.15) is 6.04 Å². The average Bonchev–Trinajstić information content (AvgIpc) is 2.56. The maximum Gasteiger partial charge on any atom is 0.328 e. The lowest BCUT2D eigenvalue weighted by Gasteiger charge is -2.22. The van der Waals surface area contributed by atoms with Crippen LogP contribution in [-0.4, -0.2) is 31.7 Å². The SMILES string of the molecule is CC[C@H](C)[C@H](NC(=O)NCCCc1ccccc1)C(=O)OC. The third-order valence-electron chi connectivity index (χ3n) is 3.73. The Kier molecular flexibility index (Phi) is 8.04. The Labute approximate surface area is 132 Å². The number of esters is 1. The number of hydrogen-bond acceptors (Lipinski definition) is 3. The minimum absolute atomic E-state index is 0.0301. The number of methoxy groups -OCH3 is 1. The molecule has 1 rings (SSSR count). The lowest BCUT2D eigenvalue weighted by atomic mass is 9.99. The number of hydrogen-bond donors (Lipinski definition) is 2. The molecular weight excluding hydrogens is 280 g/mol. The van der Waals surface area contributed by atoms with Crippen molar-refractivity contribution >= 4 is 12.0 Å². The van der Waals surface area contributed by atoms with Crippen LogP contribution in [0.25, 0.3) is 0 Å². The predicted octanol–water partition coefficient (Wildman–Crippen LogP) is 2.51. The maximum atomic E-state index is 11.9. The highest BCUT2D eigenvalue weighted by atomic mass is 16.5. The van der Waals surface area contributed by atoms with Crippen LogP contribution in [0.4, 0.5) is 4.79 Å². The van der Waals surface area contributed by atoms with Crippen LogP contribution in [0.1, 0.15) is 32.3 Å². The molecule has 0 fully saturated rings. The number of nitrogens with one attached hydrogen (secondary N) is 2. The lowest BCUT2D eigenvalue weighted by Crippen LogP contribution is -2.49. The standard InChI is InChI=1S/C17H26N2O3/c1-4-13(2)15(16(20)22-3)19-17(21)18-12-8-11-14-9-6-5-7-10-14/h5-7,9-10,13,15H,4,8,11-12H2,1-3H3,(H2,18,19,21)/t13-,15-/m0/s1. The van der Waals surface area contributed by atoms with Gasteiger partial charge in [-0.3, -0.25) is 0 Å². The zero-order valence-electron chi connectivity index (χ0n) is 13.6. The quantitative estimate of drug-likeness (QED) is 0.573. The number of benzene rings is 1. The monoisotopic (exact) mass is 306 g/mol. The van der Waals surface area contributed by atoms with Gasteiger partial charge in [-0.25, -0.2) is 9.59 Å². The first kappa shape index (κ1) is 18.0. The molecule has 0 aromatic heterocycles. The average molecular weight is 306 g/mol. The molecule has 0 spiro atoms. The Balaban J connectivity index is 2.33. The minimum Gasteiger partial charge on any atom is -0.467 e. The van der Waals surface area contributed by atoms with Gasteiger partial charge in [0, 0.05) is 6.54 Å². The van der Waals surface area contributed by atoms with Crippen LogP contribution in [0.3, 0.4) is 0 Å². The van der Waals surface area contributed by atoms with Gasteiger partial charge in [-0.15, -0.1) is 0 Å². The van der Waals surface area contributed by atoms with Crippen molar-refractivity contribution in [3.63, 3.8) is 0 Å². The Morgan fingerprint density at radius 1 is 1.23 bits per heavy atom. The molecule has 0 aliphatic rings. The molecule has 5 heteroatoms. The second kappa shape index (κ2) is 9.82. The number of ether oxygens (including phenoxy) is 1. The number of aryl methyl sites for hydroxylation is 1. The van der Waals surface area contributed by atoms with Gasteiger partial charge < -0.3 is 15.4 Å². The molecule has 0 bridgehead atoms. The summed E-state index contributed by atoms with van der Waals surface area (Å²) in [7, 11) is 1.33. The number of urea groups is 1. The van der Waals surface area contributed by atoms with Crippen LogP contribution < -0.4 is 10.6 Å². The van der Waals surface area contributed by atoms with E-state index in [1.54, 1.807) is 0 Å². The summed E-state index contributed by atoms with van der Waals surface area (Å²) in [6, 6.07) is 9.18. The van der Waals surface area contributed by atoms with E-state index in [2.05, 4.69) is 22.8 Å². The van der Waals surface area contributed by atoms with Gasteiger partial charge in [0.15, 0.2) is 0 Å². The first-order valence-corrected chi connectivity index (χ1v) is 7.74. The summed E-state index contributed by atoms with van der Waals surface area (Å²) in [5.74, 6) is -0.378. The first-order chi connectivity index (χ1) is 10.6. The van der Waals surface area contributed by atoms with E-state index in [9.17, 15) is 9.59 Å². The molecule has 1 aromatic rings. The normalized spacial score (nSPS) is 13.0. The molecule has 2 amide bonds. The number of carbonyl (C=O) groups is 2. The summed E-state index contributed by atoms with van der Waals surface area (Å²) in [5, 5.41) is 5.48. The largest absolute Gasteiger partial charge is 0.467 e. The highest BCUT2D eigenvalue weighted by molar-refractivity contribution is 5.83. The van der Waals surface area contributed by atoms with Crippen LogP contribution in [0.2, 0.25) is 0 Å². The van der Waals surface area contributed by atoms with E-state index in [0.717, 1.165) is 19.3 Å². The molecule has 0 unspecified atom stereocenters. The van der Waals surface area contributed by atoms with E-state index in [1.807, 2.05) is 32.0 Å². The summed E-state index contributed by atoms with van der Waals surface area (Å²) in [5.41, 5.74) is 1.25. The van der Waals surface area contributed by atoms with Crippen molar-refractivity contribution in [1.29, 1.82) is 0 Å². The van der Waals surface area contributed by atoms with Gasteiger partial charge in [-0.1, -0.05) is 50.6 Å². The summed E-state index contributed by atoms with van der Waals surface area (Å²) in [6.07, 6.45) is 2.55. The van der Waals surface area contributed by atoms with Gasteiger partial charge in [-0.2, -0.15) is 0 Å². The summed E-state index contributed by atoms with van der Waals surface area (Å²) in [6.45, 7) is 4.45. The van der Waals surface area contributed by atoms with E-state index >= 15 is 0 Å². The molecule has 0 radical (unpaired) electrons. The minimum atomic E-state index is -0.607. The van der Waals surface area contributed by atoms with Gasteiger partial charge in [0.25, 0.3) is 0 Å². The van der Waals surface area contributed by atoms with Crippen molar-refractivity contribution in [2.75, 3.05) is 13.7 Å². The van der Waals surface area contributed by atoms with Gasteiger partial charge in [0.2, 0.25) is 0 Å². The molecule has 2 N–H and O–H groups in total. The Morgan fingerprint density at radius 3 is 2.50 bits per heavy atom. The molecule has 0 aliphatic carbocycles. The van der Waals surface area contributed by atoms with Crippen molar-refractivity contribution in [2.45, 2.75) is 39.2 Å². The van der Waals surface area contributed by atoms with Crippen molar-refractivity contribution < 1.29 is 14.3 Å². The molecule has 0 saturated carbocycles. The summed E-state index contributed by atoms with van der Waals surface area (Å²) >= 11 is 0. The van der Waals surface area contributed by atoms with Crippen LogP contribution in [0.15, 0.2) is 30.3 Å². The highest BCUT2D eigenvalue weighted by Crippen LogP contribution is 2.09.